The first kappa shape index (κ1) is 23.3. The predicted molar refractivity (Wildman–Crippen MR) is 140 cm³/mol. The second kappa shape index (κ2) is 8.77. The number of hydrogen-bond acceptors (Lipinski definition) is 5. The molecule has 2 fully saturated rings. The Morgan fingerprint density at radius 1 is 1.11 bits per heavy atom. The van der Waals surface area contributed by atoms with Crippen molar-refractivity contribution in [1.82, 2.24) is 19.2 Å². The Morgan fingerprint density at radius 2 is 1.89 bits per heavy atom. The lowest BCUT2D eigenvalue weighted by Gasteiger charge is -2.41. The van der Waals surface area contributed by atoms with Gasteiger partial charge in [-0.15, -0.1) is 10.2 Å². The van der Waals surface area contributed by atoms with Crippen LogP contribution >= 0.6 is 11.8 Å². The monoisotopic (exact) mass is 492 g/mol. The Morgan fingerprint density at radius 3 is 2.63 bits per heavy atom. The molecule has 0 bridgehead atoms. The summed E-state index contributed by atoms with van der Waals surface area (Å²) < 4.78 is 10.3. The van der Waals surface area contributed by atoms with Gasteiger partial charge >= 0.3 is 0 Å². The minimum absolute atomic E-state index is 0.0581. The molecule has 35 heavy (non-hydrogen) atoms. The lowest BCUT2D eigenvalue weighted by Crippen LogP contribution is -2.45. The predicted octanol–water partition coefficient (Wildman–Crippen LogP) is 5.95. The van der Waals surface area contributed by atoms with Gasteiger partial charge in [-0.3, -0.25) is 13.8 Å². The highest BCUT2D eigenvalue weighted by Gasteiger charge is 2.44. The molecule has 6 nitrogen and oxygen atoms in total. The fourth-order valence-electron chi connectivity index (χ4n) is 6.93. The first-order valence-corrected chi connectivity index (χ1v) is 14.3. The molecule has 1 unspecified atom stereocenters. The van der Waals surface area contributed by atoms with E-state index in [1.165, 1.54) is 36.8 Å². The highest BCUT2D eigenvalue weighted by Crippen LogP contribution is 2.49. The molecule has 7 heteroatoms. The van der Waals surface area contributed by atoms with Crippen LogP contribution in [0.1, 0.15) is 89.3 Å². The van der Waals surface area contributed by atoms with Gasteiger partial charge in [0.25, 0.3) is 5.56 Å². The van der Waals surface area contributed by atoms with Crippen molar-refractivity contribution in [3.63, 3.8) is 0 Å². The molecule has 3 aromatic rings. The van der Waals surface area contributed by atoms with Crippen molar-refractivity contribution < 1.29 is 4.74 Å². The van der Waals surface area contributed by atoms with Gasteiger partial charge in [0, 0.05) is 29.2 Å². The maximum Gasteiger partial charge on any atom is 0.259 e. The van der Waals surface area contributed by atoms with Crippen LogP contribution in [0.4, 0.5) is 0 Å². The van der Waals surface area contributed by atoms with E-state index in [-0.39, 0.29) is 22.6 Å². The molecular formula is C28H36N4O2S. The molecule has 2 aliphatic carbocycles. The van der Waals surface area contributed by atoms with Crippen molar-refractivity contribution in [2.45, 2.75) is 101 Å². The average molecular weight is 493 g/mol. The second-order valence-corrected chi connectivity index (χ2v) is 12.5. The molecule has 0 N–H and O–H groups in total. The molecule has 1 atom stereocenters. The molecule has 2 aromatic heterocycles. The quantitative estimate of drug-likeness (QED) is 0.423. The lowest BCUT2D eigenvalue weighted by molar-refractivity contribution is -0.0692. The Balaban J connectivity index is 1.71. The van der Waals surface area contributed by atoms with Crippen molar-refractivity contribution in [2.75, 3.05) is 12.4 Å². The van der Waals surface area contributed by atoms with E-state index < -0.39 is 0 Å². The number of fused-ring (bicyclic) bond motifs is 6. The van der Waals surface area contributed by atoms with Crippen LogP contribution in [0.5, 0.6) is 0 Å². The Labute approximate surface area is 211 Å². The zero-order chi connectivity index (χ0) is 24.2. The molecule has 3 heterocycles. The maximum absolute atomic E-state index is 14.7. The fourth-order valence-corrected chi connectivity index (χ4v) is 7.59. The van der Waals surface area contributed by atoms with Crippen LogP contribution in [0.25, 0.3) is 17.0 Å². The van der Waals surface area contributed by atoms with Crippen molar-refractivity contribution in [2.24, 2.45) is 0 Å². The summed E-state index contributed by atoms with van der Waals surface area (Å²) >= 11 is 1.71. The normalized spacial score (nSPS) is 23.1. The van der Waals surface area contributed by atoms with Gasteiger partial charge in [-0.1, -0.05) is 68.6 Å². The maximum atomic E-state index is 14.7. The molecule has 1 saturated heterocycles. The molecule has 1 saturated carbocycles. The van der Waals surface area contributed by atoms with Gasteiger partial charge in [-0.2, -0.15) is 0 Å². The van der Waals surface area contributed by atoms with Crippen LogP contribution in [0.2, 0.25) is 0 Å². The summed E-state index contributed by atoms with van der Waals surface area (Å²) in [6.07, 6.45) is 9.61. The molecule has 1 aliphatic heterocycles. The Bertz CT molecular complexity index is 1320. The smallest absolute Gasteiger partial charge is 0.259 e. The topological polar surface area (TPSA) is 61.4 Å². The minimum Gasteiger partial charge on any atom is -0.375 e. The Kier molecular flexibility index (Phi) is 5.83. The highest BCUT2D eigenvalue weighted by atomic mass is 32.2. The van der Waals surface area contributed by atoms with Gasteiger partial charge in [-0.25, -0.2) is 0 Å². The first-order valence-electron chi connectivity index (χ1n) is 13.3. The number of benzene rings is 1. The average Bonchev–Trinajstić information content (AvgIpc) is 3.09. The summed E-state index contributed by atoms with van der Waals surface area (Å²) in [5.74, 6) is 1.60. The van der Waals surface area contributed by atoms with Crippen LogP contribution in [0, 0.1) is 0 Å². The van der Waals surface area contributed by atoms with E-state index in [2.05, 4.69) is 59.6 Å². The van der Waals surface area contributed by atoms with Crippen molar-refractivity contribution in [3.05, 3.63) is 45.7 Å². The zero-order valence-corrected chi connectivity index (χ0v) is 22.0. The van der Waals surface area contributed by atoms with E-state index in [1.807, 2.05) is 4.57 Å². The highest BCUT2D eigenvalue weighted by molar-refractivity contribution is 7.99. The summed E-state index contributed by atoms with van der Waals surface area (Å²) in [5.41, 5.74) is 4.39. The fraction of sp³-hybridized carbons (Fsp3) is 0.607. The molecule has 6 rings (SSSR count). The van der Waals surface area contributed by atoms with Crippen molar-refractivity contribution in [3.8, 4) is 11.3 Å². The third-order valence-corrected chi connectivity index (χ3v) is 9.24. The number of ether oxygens (including phenoxy) is 1. The van der Waals surface area contributed by atoms with E-state index in [4.69, 9.17) is 4.74 Å². The summed E-state index contributed by atoms with van der Waals surface area (Å²) in [6, 6.07) is 8.76. The number of rotatable bonds is 3. The molecule has 1 spiro atoms. The molecule has 186 valence electrons. The van der Waals surface area contributed by atoms with E-state index >= 15 is 0 Å². The minimum atomic E-state index is -0.261. The van der Waals surface area contributed by atoms with Crippen LogP contribution in [-0.4, -0.2) is 37.1 Å². The van der Waals surface area contributed by atoms with Crippen molar-refractivity contribution >= 4 is 17.5 Å². The summed E-state index contributed by atoms with van der Waals surface area (Å²) in [4.78, 5) is 14.7. The standard InChI is InChI=1S/C28H36N4O2S/c1-4-35-26-30-29-25-31(20-13-16-34-27(2,3)18-20)24(33)22-23(32(25)26)21-12-8-7-11-19(21)17-28(22)14-9-5-6-10-15-28/h7-8,11-12,20H,4-6,9-10,13-18H2,1-3H3. The SMILES string of the molecule is CCSc1nnc2n(C3CCOC(C)(C)C3)c(=O)c3c(n12)-c1ccccc1CC31CCCCCC1. The summed E-state index contributed by atoms with van der Waals surface area (Å²) in [5, 5.41) is 10.2. The zero-order valence-electron chi connectivity index (χ0n) is 21.2. The summed E-state index contributed by atoms with van der Waals surface area (Å²) in [7, 11) is 0. The largest absolute Gasteiger partial charge is 0.375 e. The van der Waals surface area contributed by atoms with E-state index in [0.717, 1.165) is 54.3 Å². The van der Waals surface area contributed by atoms with E-state index in [9.17, 15) is 4.79 Å². The molecule has 0 radical (unpaired) electrons. The third-order valence-electron chi connectivity index (χ3n) is 8.43. The van der Waals surface area contributed by atoms with Gasteiger partial charge in [0.2, 0.25) is 5.78 Å². The first-order chi connectivity index (χ1) is 16.9. The number of aromatic nitrogens is 4. The van der Waals surface area contributed by atoms with E-state index in [0.29, 0.717) is 12.4 Å². The van der Waals surface area contributed by atoms with E-state index in [1.54, 1.807) is 11.8 Å². The van der Waals surface area contributed by atoms with Crippen LogP contribution in [0.15, 0.2) is 34.2 Å². The van der Waals surface area contributed by atoms with Gasteiger partial charge in [0.1, 0.15) is 0 Å². The molecule has 3 aliphatic rings. The second-order valence-electron chi connectivity index (χ2n) is 11.2. The van der Waals surface area contributed by atoms with Crippen LogP contribution < -0.4 is 5.56 Å². The van der Waals surface area contributed by atoms with Gasteiger partial charge in [0.05, 0.1) is 11.3 Å². The van der Waals surface area contributed by atoms with Gasteiger partial charge in [-0.05, 0) is 57.3 Å². The van der Waals surface area contributed by atoms with Crippen molar-refractivity contribution in [1.29, 1.82) is 0 Å². The van der Waals surface area contributed by atoms with Gasteiger partial charge < -0.3 is 4.74 Å². The summed E-state index contributed by atoms with van der Waals surface area (Å²) in [6.45, 7) is 7.07. The number of hydrogen-bond donors (Lipinski definition) is 0. The lowest BCUT2D eigenvalue weighted by atomic mass is 9.65. The van der Waals surface area contributed by atoms with Gasteiger partial charge in [0.15, 0.2) is 5.16 Å². The van der Waals surface area contributed by atoms with Crippen LogP contribution in [0.3, 0.4) is 0 Å². The third kappa shape index (κ3) is 3.77. The van der Waals surface area contributed by atoms with Crippen LogP contribution in [-0.2, 0) is 16.6 Å². The number of nitrogens with zero attached hydrogens (tertiary/aromatic N) is 4. The molecular weight excluding hydrogens is 456 g/mol. The molecule has 1 aromatic carbocycles. The Hall–Kier alpha value is -2.12. The number of thioether (sulfide) groups is 1. The molecule has 0 amide bonds.